The zero-order valence-electron chi connectivity index (χ0n) is 18.9. The van der Waals surface area contributed by atoms with E-state index in [1.165, 1.54) is 0 Å². The molecule has 1 atom stereocenters. The van der Waals surface area contributed by atoms with Crippen molar-refractivity contribution < 1.29 is 4.79 Å². The van der Waals surface area contributed by atoms with Crippen molar-refractivity contribution in [2.24, 2.45) is 0 Å². The van der Waals surface area contributed by atoms with E-state index in [1.807, 2.05) is 31.4 Å². The second-order valence-electron chi connectivity index (χ2n) is 8.19. The van der Waals surface area contributed by atoms with Gasteiger partial charge >= 0.3 is 0 Å². The van der Waals surface area contributed by atoms with Gasteiger partial charge in [0, 0.05) is 48.1 Å². The molecule has 0 spiro atoms. The van der Waals surface area contributed by atoms with Gasteiger partial charge in [-0.25, -0.2) is 9.97 Å². The minimum Gasteiger partial charge on any atom is -0.383 e. The number of rotatable bonds is 5. The van der Waals surface area contributed by atoms with Crippen molar-refractivity contribution in [1.82, 2.24) is 30.0 Å². The number of hydrogen-bond acceptors (Lipinski definition) is 8. The van der Waals surface area contributed by atoms with E-state index in [4.69, 9.17) is 5.73 Å². The lowest BCUT2D eigenvalue weighted by molar-refractivity contribution is -0.121. The first-order chi connectivity index (χ1) is 16.4. The maximum absolute atomic E-state index is 11.8. The van der Waals surface area contributed by atoms with E-state index >= 15 is 0 Å². The number of nitrogens with two attached hydrogens (primary N) is 1. The summed E-state index contributed by atoms with van der Waals surface area (Å²) in [4.78, 5) is 25.3. The van der Waals surface area contributed by atoms with Crippen molar-refractivity contribution in [2.75, 3.05) is 28.6 Å². The Bertz CT molecular complexity index is 1450. The molecule has 11 heteroatoms. The van der Waals surface area contributed by atoms with E-state index in [-0.39, 0.29) is 23.1 Å². The number of nitrogen functional groups attached to an aromatic ring is 1. The van der Waals surface area contributed by atoms with Gasteiger partial charge in [-0.05, 0) is 36.3 Å². The Morgan fingerprint density at radius 3 is 2.88 bits per heavy atom. The largest absolute Gasteiger partial charge is 0.383 e. The molecule has 5 heterocycles. The number of aromatic nitrogens is 5. The fraction of sp³-hybridized carbons (Fsp3) is 0.217. The van der Waals surface area contributed by atoms with E-state index in [0.717, 1.165) is 45.4 Å². The fourth-order valence-corrected chi connectivity index (χ4v) is 4.54. The van der Waals surface area contributed by atoms with Crippen LogP contribution >= 0.6 is 10.7 Å². The molecule has 4 aromatic rings. The van der Waals surface area contributed by atoms with Crippen molar-refractivity contribution in [1.29, 1.82) is 0 Å². The maximum Gasteiger partial charge on any atom is 0.241 e. The lowest BCUT2D eigenvalue weighted by atomic mass is 10.0. The number of carbonyl (C=O) groups excluding carboxylic acids is 1. The number of carbonyl (C=O) groups is 1. The number of pyridine rings is 3. The first-order valence-electron chi connectivity index (χ1n) is 10.7. The molecule has 1 unspecified atom stereocenters. The number of nitrogens with zero attached hydrogens (tertiary/aromatic N) is 5. The van der Waals surface area contributed by atoms with Crippen LogP contribution in [0.2, 0.25) is 0 Å². The van der Waals surface area contributed by atoms with Gasteiger partial charge in [-0.15, -0.1) is 10.7 Å². The highest BCUT2D eigenvalue weighted by Crippen LogP contribution is 2.32. The summed E-state index contributed by atoms with van der Waals surface area (Å²) in [5.74, 6) is 5.64. The van der Waals surface area contributed by atoms with Crippen molar-refractivity contribution >= 4 is 56.4 Å². The molecule has 10 nitrogen and oxygen atoms in total. The minimum atomic E-state index is -0.223. The van der Waals surface area contributed by atoms with Gasteiger partial charge in [0.15, 0.2) is 5.82 Å². The lowest BCUT2D eigenvalue weighted by Crippen LogP contribution is -2.25. The molecule has 174 valence electrons. The molecule has 4 aromatic heterocycles. The fourth-order valence-electron chi connectivity index (χ4n) is 3.96. The SMILES string of the molecule is C=S(C)Nc1cncc(-c2cc3cc(Nc4cc5n(n4)CC(=O)NCC5)ncc3c(N)n2)c1C. The van der Waals surface area contributed by atoms with Crippen LogP contribution in [0.25, 0.3) is 22.0 Å². The molecule has 34 heavy (non-hydrogen) atoms. The first-order valence-corrected chi connectivity index (χ1v) is 12.5. The molecule has 0 aromatic carbocycles. The van der Waals surface area contributed by atoms with Gasteiger partial charge in [0.05, 0.1) is 17.6 Å². The average Bonchev–Trinajstić information content (AvgIpc) is 3.06. The van der Waals surface area contributed by atoms with Gasteiger partial charge in [0.1, 0.15) is 18.2 Å². The summed E-state index contributed by atoms with van der Waals surface area (Å²) < 4.78 is 5.06. The van der Waals surface area contributed by atoms with Gasteiger partial charge in [-0.3, -0.25) is 14.5 Å². The number of nitrogens with one attached hydrogen (secondary N) is 3. The van der Waals surface area contributed by atoms with Crippen LogP contribution in [0.3, 0.4) is 0 Å². The molecular formula is C23H25N9OS. The van der Waals surface area contributed by atoms with E-state index in [0.29, 0.717) is 24.0 Å². The van der Waals surface area contributed by atoms with Crippen molar-refractivity contribution in [3.8, 4) is 11.3 Å². The van der Waals surface area contributed by atoms with Crippen LogP contribution in [-0.4, -0.2) is 49.3 Å². The predicted octanol–water partition coefficient (Wildman–Crippen LogP) is 2.85. The molecule has 0 saturated carbocycles. The second kappa shape index (κ2) is 8.75. The highest BCUT2D eigenvalue weighted by molar-refractivity contribution is 8.14. The van der Waals surface area contributed by atoms with Crippen molar-refractivity contribution in [2.45, 2.75) is 19.9 Å². The van der Waals surface area contributed by atoms with E-state index in [2.05, 4.69) is 41.3 Å². The lowest BCUT2D eigenvalue weighted by Gasteiger charge is -2.14. The minimum absolute atomic E-state index is 0.0399. The van der Waals surface area contributed by atoms with Crippen molar-refractivity contribution in [3.63, 3.8) is 0 Å². The predicted molar refractivity (Wildman–Crippen MR) is 138 cm³/mol. The Labute approximate surface area is 199 Å². The Morgan fingerprint density at radius 2 is 2.06 bits per heavy atom. The van der Waals surface area contributed by atoms with Crippen LogP contribution in [0.4, 0.5) is 23.1 Å². The second-order valence-corrected chi connectivity index (χ2v) is 9.66. The van der Waals surface area contributed by atoms with Crippen LogP contribution in [0.5, 0.6) is 0 Å². The van der Waals surface area contributed by atoms with Crippen LogP contribution in [0, 0.1) is 6.92 Å². The molecular weight excluding hydrogens is 450 g/mol. The third-order valence-corrected chi connectivity index (χ3v) is 6.20. The van der Waals surface area contributed by atoms with Crippen LogP contribution in [0.15, 0.2) is 36.8 Å². The average molecular weight is 476 g/mol. The zero-order chi connectivity index (χ0) is 23.8. The third kappa shape index (κ3) is 4.29. The number of amides is 1. The standard InChI is InChI=1S/C23H25N9OS/c1-13-16(9-25-11-19(13)31-34(2)3)18-6-14-7-20(27-10-17(14)23(24)28-18)29-21-8-15-4-5-26-22(33)12-32(15)30-21/h6-11,31H,2,4-5,12H2,1,3H3,(H2,24,28)(H,26,33)(H,27,29,30). The molecule has 1 aliphatic rings. The van der Waals surface area contributed by atoms with Crippen LogP contribution in [0.1, 0.15) is 11.3 Å². The van der Waals surface area contributed by atoms with E-state index in [1.54, 1.807) is 23.3 Å². The van der Waals surface area contributed by atoms with Gasteiger partial charge in [-0.1, -0.05) is 5.87 Å². The summed E-state index contributed by atoms with van der Waals surface area (Å²) in [5, 5.41) is 12.3. The Kier molecular flexibility index (Phi) is 5.62. The first kappa shape index (κ1) is 21.8. The molecule has 0 radical (unpaired) electrons. The summed E-state index contributed by atoms with van der Waals surface area (Å²) in [5.41, 5.74) is 10.9. The molecule has 0 bridgehead atoms. The number of hydrogen-bond donors (Lipinski definition) is 4. The summed E-state index contributed by atoms with van der Waals surface area (Å²) in [7, 11) is -0.223. The highest BCUT2D eigenvalue weighted by atomic mass is 32.2. The molecule has 5 N–H and O–H groups in total. The molecule has 5 rings (SSSR count). The molecule has 0 fully saturated rings. The van der Waals surface area contributed by atoms with Gasteiger partial charge in [0.2, 0.25) is 5.91 Å². The van der Waals surface area contributed by atoms with E-state index in [9.17, 15) is 4.79 Å². The maximum atomic E-state index is 11.8. The topological polar surface area (TPSA) is 136 Å². The Hall–Kier alpha value is -3.99. The van der Waals surface area contributed by atoms with Crippen LogP contribution in [-0.2, 0) is 17.8 Å². The molecule has 0 aliphatic carbocycles. The third-order valence-electron chi connectivity index (χ3n) is 5.64. The van der Waals surface area contributed by atoms with Crippen molar-refractivity contribution in [3.05, 3.63) is 48.0 Å². The monoisotopic (exact) mass is 475 g/mol. The van der Waals surface area contributed by atoms with E-state index < -0.39 is 0 Å². The van der Waals surface area contributed by atoms with Gasteiger partial charge in [0.25, 0.3) is 0 Å². The summed E-state index contributed by atoms with van der Waals surface area (Å²) in [6.45, 7) is 2.84. The summed E-state index contributed by atoms with van der Waals surface area (Å²) in [6, 6.07) is 5.84. The smallest absolute Gasteiger partial charge is 0.241 e. The Balaban J connectivity index is 1.49. The number of fused-ring (bicyclic) bond motifs is 2. The van der Waals surface area contributed by atoms with Gasteiger partial charge in [-0.2, -0.15) is 5.10 Å². The quantitative estimate of drug-likeness (QED) is 0.324. The Morgan fingerprint density at radius 1 is 1.21 bits per heavy atom. The molecule has 0 saturated heterocycles. The normalized spacial score (nSPS) is 14.2. The van der Waals surface area contributed by atoms with Gasteiger partial charge < -0.3 is 21.1 Å². The molecule has 1 amide bonds. The molecule has 1 aliphatic heterocycles. The summed E-state index contributed by atoms with van der Waals surface area (Å²) >= 11 is 0. The number of anilines is 4. The highest BCUT2D eigenvalue weighted by Gasteiger charge is 2.16. The summed E-state index contributed by atoms with van der Waals surface area (Å²) in [6.07, 6.45) is 8.02. The van der Waals surface area contributed by atoms with Crippen LogP contribution < -0.4 is 21.1 Å². The zero-order valence-corrected chi connectivity index (χ0v) is 19.7.